The van der Waals surface area contributed by atoms with E-state index < -0.39 is 0 Å². The fraction of sp³-hybridized carbons (Fsp3) is 0.500. The molecule has 4 heteroatoms. The van der Waals surface area contributed by atoms with Crippen molar-refractivity contribution in [3.63, 3.8) is 0 Å². The van der Waals surface area contributed by atoms with E-state index in [4.69, 9.17) is 4.74 Å². The number of amides is 1. The van der Waals surface area contributed by atoms with Crippen LogP contribution < -0.4 is 9.64 Å². The van der Waals surface area contributed by atoms with E-state index in [1.165, 1.54) is 0 Å². The van der Waals surface area contributed by atoms with Gasteiger partial charge in [0.1, 0.15) is 5.75 Å². The lowest BCUT2D eigenvalue weighted by molar-refractivity contribution is -0.117. The van der Waals surface area contributed by atoms with Gasteiger partial charge >= 0.3 is 0 Å². The lowest BCUT2D eigenvalue weighted by Gasteiger charge is -2.24. The first-order valence-electron chi connectivity index (χ1n) is 5.96. The highest BCUT2D eigenvalue weighted by molar-refractivity contribution is 7.80. The second-order valence-corrected chi connectivity index (χ2v) is 4.87. The quantitative estimate of drug-likeness (QED) is 0.850. The second kappa shape index (κ2) is 6.14. The molecule has 0 atom stereocenters. The number of benzene rings is 1. The predicted octanol–water partition coefficient (Wildman–Crippen LogP) is 2.90. The third kappa shape index (κ3) is 2.80. The topological polar surface area (TPSA) is 29.5 Å². The zero-order valence-electron chi connectivity index (χ0n) is 11.7. The molecule has 0 fully saturated rings. The number of rotatable bonds is 4. The van der Waals surface area contributed by atoms with E-state index in [9.17, 15) is 4.79 Å². The van der Waals surface area contributed by atoms with E-state index in [0.29, 0.717) is 12.2 Å². The van der Waals surface area contributed by atoms with Gasteiger partial charge in [0.2, 0.25) is 5.91 Å². The molecule has 0 heterocycles. The summed E-state index contributed by atoms with van der Waals surface area (Å²) in [7, 11) is 3.48. The molecule has 0 aliphatic heterocycles. The van der Waals surface area contributed by atoms with Gasteiger partial charge in [0.05, 0.1) is 7.11 Å². The first kappa shape index (κ1) is 14.9. The number of nitrogens with zero attached hydrogens (tertiary/aromatic N) is 1. The molecule has 18 heavy (non-hydrogen) atoms. The summed E-state index contributed by atoms with van der Waals surface area (Å²) in [6, 6.07) is 1.97. The van der Waals surface area contributed by atoms with Crippen molar-refractivity contribution >= 4 is 24.2 Å². The summed E-state index contributed by atoms with van der Waals surface area (Å²) in [5.74, 6) is 1.51. The van der Waals surface area contributed by atoms with Crippen molar-refractivity contribution in [2.45, 2.75) is 27.2 Å². The largest absolute Gasteiger partial charge is 0.496 e. The maximum atomic E-state index is 12.0. The molecule has 1 amide bonds. The Morgan fingerprint density at radius 2 is 1.94 bits per heavy atom. The molecule has 0 saturated carbocycles. The Balaban J connectivity index is 3.25. The Hall–Kier alpha value is -1.16. The molecule has 100 valence electrons. The van der Waals surface area contributed by atoms with Crippen LogP contribution in [-0.2, 0) is 4.79 Å². The summed E-state index contributed by atoms with van der Waals surface area (Å²) < 4.78 is 5.33. The van der Waals surface area contributed by atoms with Crippen molar-refractivity contribution in [3.8, 4) is 5.75 Å². The minimum Gasteiger partial charge on any atom is -0.496 e. The van der Waals surface area contributed by atoms with Crippen LogP contribution in [0.15, 0.2) is 6.07 Å². The Morgan fingerprint density at radius 1 is 1.33 bits per heavy atom. The standard InChI is InChI=1S/C14H21NO2S/c1-9-8-12(17-5)10(2)11(3)14(9)15(4)13(16)6-7-18/h8,18H,6-7H2,1-5H3. The molecule has 1 aromatic rings. The number of anilines is 1. The first-order valence-corrected chi connectivity index (χ1v) is 6.59. The highest BCUT2D eigenvalue weighted by Crippen LogP contribution is 2.33. The minimum absolute atomic E-state index is 0.0840. The van der Waals surface area contributed by atoms with Crippen molar-refractivity contribution < 1.29 is 9.53 Å². The normalized spacial score (nSPS) is 10.3. The average molecular weight is 267 g/mol. The van der Waals surface area contributed by atoms with Crippen molar-refractivity contribution in [1.29, 1.82) is 0 Å². The monoisotopic (exact) mass is 267 g/mol. The van der Waals surface area contributed by atoms with Crippen LogP contribution >= 0.6 is 12.6 Å². The molecule has 3 nitrogen and oxygen atoms in total. The van der Waals surface area contributed by atoms with E-state index in [2.05, 4.69) is 12.6 Å². The fourth-order valence-electron chi connectivity index (χ4n) is 2.15. The third-order valence-corrected chi connectivity index (χ3v) is 3.49. The van der Waals surface area contributed by atoms with Gasteiger partial charge in [0.15, 0.2) is 0 Å². The molecule has 0 aliphatic carbocycles. The highest BCUT2D eigenvalue weighted by Gasteiger charge is 2.18. The molecular weight excluding hydrogens is 246 g/mol. The third-order valence-electron chi connectivity index (χ3n) is 3.26. The smallest absolute Gasteiger partial charge is 0.227 e. The van der Waals surface area contributed by atoms with Gasteiger partial charge < -0.3 is 9.64 Å². The first-order chi connectivity index (χ1) is 8.43. The van der Waals surface area contributed by atoms with E-state index in [1.54, 1.807) is 12.0 Å². The average Bonchev–Trinajstić information content (AvgIpc) is 2.34. The van der Waals surface area contributed by atoms with Gasteiger partial charge in [-0.1, -0.05) is 0 Å². The lowest BCUT2D eigenvalue weighted by Crippen LogP contribution is -2.28. The SMILES string of the molecule is COc1cc(C)c(N(C)C(=O)CCS)c(C)c1C. The van der Waals surface area contributed by atoms with Gasteiger partial charge in [0, 0.05) is 19.2 Å². The van der Waals surface area contributed by atoms with Gasteiger partial charge in [-0.25, -0.2) is 0 Å². The summed E-state index contributed by atoms with van der Waals surface area (Å²) in [6.45, 7) is 6.02. The number of hydrogen-bond donors (Lipinski definition) is 1. The summed E-state index contributed by atoms with van der Waals surface area (Å²) in [5.41, 5.74) is 4.18. The van der Waals surface area contributed by atoms with E-state index in [-0.39, 0.29) is 5.91 Å². The number of aryl methyl sites for hydroxylation is 1. The number of ether oxygens (including phenoxy) is 1. The van der Waals surface area contributed by atoms with Crippen LogP contribution in [0.3, 0.4) is 0 Å². The minimum atomic E-state index is 0.0840. The van der Waals surface area contributed by atoms with E-state index in [0.717, 1.165) is 28.1 Å². The number of carbonyl (C=O) groups excluding carboxylic acids is 1. The molecule has 0 saturated heterocycles. The van der Waals surface area contributed by atoms with Crippen LogP contribution in [0.5, 0.6) is 5.75 Å². The number of carbonyl (C=O) groups is 1. The Labute approximate surface area is 115 Å². The lowest BCUT2D eigenvalue weighted by atomic mass is 10.0. The summed E-state index contributed by atoms with van der Waals surface area (Å²) >= 11 is 4.10. The molecule has 1 aromatic carbocycles. The molecule has 0 aromatic heterocycles. The zero-order valence-corrected chi connectivity index (χ0v) is 12.6. The number of hydrogen-bond acceptors (Lipinski definition) is 3. The van der Waals surface area contributed by atoms with Crippen LogP contribution in [0.4, 0.5) is 5.69 Å². The Kier molecular flexibility index (Phi) is 5.08. The number of thiol groups is 1. The Morgan fingerprint density at radius 3 is 2.44 bits per heavy atom. The Bertz CT molecular complexity index is 458. The van der Waals surface area contributed by atoms with Crippen molar-refractivity contribution in [3.05, 3.63) is 22.8 Å². The van der Waals surface area contributed by atoms with Gasteiger partial charge in [0.25, 0.3) is 0 Å². The molecule has 0 aliphatic rings. The van der Waals surface area contributed by atoms with Crippen molar-refractivity contribution in [2.75, 3.05) is 24.8 Å². The molecule has 0 bridgehead atoms. The second-order valence-electron chi connectivity index (χ2n) is 4.42. The molecule has 0 unspecified atom stereocenters. The van der Waals surface area contributed by atoms with Gasteiger partial charge in [-0.3, -0.25) is 4.79 Å². The van der Waals surface area contributed by atoms with Crippen LogP contribution in [0, 0.1) is 20.8 Å². The highest BCUT2D eigenvalue weighted by atomic mass is 32.1. The summed E-state index contributed by atoms with van der Waals surface area (Å²) in [6.07, 6.45) is 0.448. The molecular formula is C14H21NO2S. The van der Waals surface area contributed by atoms with Gasteiger partial charge in [-0.15, -0.1) is 0 Å². The zero-order chi connectivity index (χ0) is 13.9. The number of methoxy groups -OCH3 is 1. The molecule has 0 N–H and O–H groups in total. The van der Waals surface area contributed by atoms with Crippen LogP contribution in [0.2, 0.25) is 0 Å². The van der Waals surface area contributed by atoms with Gasteiger partial charge in [-0.2, -0.15) is 12.6 Å². The molecule has 0 radical (unpaired) electrons. The van der Waals surface area contributed by atoms with Crippen molar-refractivity contribution in [2.24, 2.45) is 0 Å². The van der Waals surface area contributed by atoms with Gasteiger partial charge in [-0.05, 0) is 49.3 Å². The van der Waals surface area contributed by atoms with Crippen LogP contribution in [-0.4, -0.2) is 25.8 Å². The predicted molar refractivity (Wildman–Crippen MR) is 79.1 cm³/mol. The van der Waals surface area contributed by atoms with Crippen LogP contribution in [0.25, 0.3) is 0 Å². The summed E-state index contributed by atoms with van der Waals surface area (Å²) in [4.78, 5) is 13.7. The molecule has 1 rings (SSSR count). The fourth-order valence-corrected chi connectivity index (χ4v) is 2.34. The molecule has 0 spiro atoms. The summed E-state index contributed by atoms with van der Waals surface area (Å²) in [5, 5.41) is 0. The van der Waals surface area contributed by atoms with Crippen molar-refractivity contribution in [1.82, 2.24) is 0 Å². The van der Waals surface area contributed by atoms with Crippen LogP contribution in [0.1, 0.15) is 23.1 Å². The van der Waals surface area contributed by atoms with E-state index >= 15 is 0 Å². The maximum absolute atomic E-state index is 12.0. The maximum Gasteiger partial charge on any atom is 0.227 e. The van der Waals surface area contributed by atoms with E-state index in [1.807, 2.05) is 33.9 Å².